The lowest BCUT2D eigenvalue weighted by Crippen LogP contribution is -2.16. The van der Waals surface area contributed by atoms with Crippen molar-refractivity contribution in [2.75, 3.05) is 13.2 Å². The lowest BCUT2D eigenvalue weighted by Gasteiger charge is -2.20. The van der Waals surface area contributed by atoms with Crippen LogP contribution in [0.25, 0.3) is 0 Å². The van der Waals surface area contributed by atoms with Gasteiger partial charge in [-0.25, -0.2) is 0 Å². The van der Waals surface area contributed by atoms with E-state index >= 15 is 0 Å². The van der Waals surface area contributed by atoms with Crippen molar-refractivity contribution in [2.24, 2.45) is 0 Å². The smallest absolute Gasteiger partial charge is 0.164 e. The Balaban J connectivity index is 0.000000531. The highest BCUT2D eigenvalue weighted by atomic mass is 16.6. The Bertz CT molecular complexity index is 319. The molecule has 1 aliphatic rings. The molecule has 2 nitrogen and oxygen atoms in total. The summed E-state index contributed by atoms with van der Waals surface area (Å²) in [4.78, 5) is 0. The average molecular weight is 208 g/mol. The lowest BCUT2D eigenvalue weighted by atomic mass is 10.1. The minimum atomic E-state index is 0.666. The van der Waals surface area contributed by atoms with Gasteiger partial charge in [-0.05, 0) is 30.5 Å². The van der Waals surface area contributed by atoms with Crippen LogP contribution in [0.3, 0.4) is 0 Å². The normalized spacial score (nSPS) is 12.8. The van der Waals surface area contributed by atoms with Gasteiger partial charge < -0.3 is 9.47 Å². The number of fused-ring (bicyclic) bond motifs is 1. The van der Waals surface area contributed by atoms with Crippen molar-refractivity contribution in [3.05, 3.63) is 23.3 Å². The summed E-state index contributed by atoms with van der Waals surface area (Å²) >= 11 is 0. The third-order valence-corrected chi connectivity index (χ3v) is 2.30. The zero-order valence-electron chi connectivity index (χ0n) is 10.1. The molecule has 0 unspecified atom stereocenters. The summed E-state index contributed by atoms with van der Waals surface area (Å²) < 4.78 is 11.1. The molecule has 0 fully saturated rings. The van der Waals surface area contributed by atoms with Gasteiger partial charge in [0.05, 0.1) is 0 Å². The first-order valence-corrected chi connectivity index (χ1v) is 5.70. The minimum Gasteiger partial charge on any atom is -0.486 e. The Hall–Kier alpha value is -1.18. The number of hydrogen-bond donors (Lipinski definition) is 0. The molecule has 2 rings (SSSR count). The van der Waals surface area contributed by atoms with E-state index in [0.29, 0.717) is 13.2 Å². The maximum Gasteiger partial charge on any atom is 0.164 e. The highest BCUT2D eigenvalue weighted by Crippen LogP contribution is 2.34. The molecule has 0 saturated carbocycles. The maximum atomic E-state index is 5.53. The SMILES string of the molecule is CC.CCc1cc(C)c2c(c1)OCCO2. The maximum absolute atomic E-state index is 5.53. The minimum absolute atomic E-state index is 0.666. The molecule has 0 saturated heterocycles. The monoisotopic (exact) mass is 208 g/mol. The number of benzene rings is 1. The zero-order chi connectivity index (χ0) is 11.3. The molecule has 84 valence electrons. The van der Waals surface area contributed by atoms with Crippen LogP contribution in [-0.2, 0) is 6.42 Å². The van der Waals surface area contributed by atoms with Gasteiger partial charge in [0, 0.05) is 0 Å². The summed E-state index contributed by atoms with van der Waals surface area (Å²) in [6.45, 7) is 9.54. The molecule has 15 heavy (non-hydrogen) atoms. The highest BCUT2D eigenvalue weighted by Gasteiger charge is 2.14. The first-order valence-electron chi connectivity index (χ1n) is 5.70. The van der Waals surface area contributed by atoms with Crippen molar-refractivity contribution >= 4 is 0 Å². The molecule has 1 aromatic rings. The topological polar surface area (TPSA) is 18.5 Å². The average Bonchev–Trinajstić information content (AvgIpc) is 2.31. The predicted molar refractivity (Wildman–Crippen MR) is 62.9 cm³/mol. The molecule has 1 aliphatic heterocycles. The first-order chi connectivity index (χ1) is 7.31. The van der Waals surface area contributed by atoms with Crippen LogP contribution in [0.15, 0.2) is 12.1 Å². The molecule has 1 aromatic carbocycles. The molecule has 1 heterocycles. The van der Waals surface area contributed by atoms with E-state index in [1.165, 1.54) is 11.1 Å². The predicted octanol–water partition coefficient (Wildman–Crippen LogP) is 3.35. The molecule has 0 N–H and O–H groups in total. The van der Waals surface area contributed by atoms with Gasteiger partial charge in [-0.1, -0.05) is 26.8 Å². The third kappa shape index (κ3) is 2.65. The summed E-state index contributed by atoms with van der Waals surface area (Å²) in [5.41, 5.74) is 2.48. The molecular formula is C13H20O2. The Labute approximate surface area is 92.2 Å². The van der Waals surface area contributed by atoms with Gasteiger partial charge in [0.25, 0.3) is 0 Å². The van der Waals surface area contributed by atoms with Crippen molar-refractivity contribution in [3.63, 3.8) is 0 Å². The van der Waals surface area contributed by atoms with Gasteiger partial charge >= 0.3 is 0 Å². The summed E-state index contributed by atoms with van der Waals surface area (Å²) in [5.74, 6) is 1.83. The van der Waals surface area contributed by atoms with Crippen LogP contribution >= 0.6 is 0 Å². The van der Waals surface area contributed by atoms with E-state index in [0.717, 1.165) is 17.9 Å². The van der Waals surface area contributed by atoms with Crippen LogP contribution in [0.1, 0.15) is 31.9 Å². The molecule has 0 bridgehead atoms. The van der Waals surface area contributed by atoms with Crippen molar-refractivity contribution in [3.8, 4) is 11.5 Å². The lowest BCUT2D eigenvalue weighted by molar-refractivity contribution is 0.170. The van der Waals surface area contributed by atoms with E-state index in [1.807, 2.05) is 13.8 Å². The van der Waals surface area contributed by atoms with Crippen molar-refractivity contribution in [2.45, 2.75) is 34.1 Å². The van der Waals surface area contributed by atoms with E-state index in [4.69, 9.17) is 9.47 Å². The van der Waals surface area contributed by atoms with Crippen molar-refractivity contribution in [1.82, 2.24) is 0 Å². The zero-order valence-corrected chi connectivity index (χ0v) is 10.1. The van der Waals surface area contributed by atoms with Gasteiger partial charge in [-0.15, -0.1) is 0 Å². The Morgan fingerprint density at radius 2 is 1.80 bits per heavy atom. The van der Waals surface area contributed by atoms with Gasteiger partial charge in [0.1, 0.15) is 13.2 Å². The van der Waals surface area contributed by atoms with Crippen molar-refractivity contribution in [1.29, 1.82) is 0 Å². The summed E-state index contributed by atoms with van der Waals surface area (Å²) in [6.07, 6.45) is 1.04. The van der Waals surface area contributed by atoms with Crippen LogP contribution < -0.4 is 9.47 Å². The van der Waals surface area contributed by atoms with Crippen LogP contribution in [-0.4, -0.2) is 13.2 Å². The fourth-order valence-corrected chi connectivity index (χ4v) is 1.61. The molecule has 0 amide bonds. The standard InChI is InChI=1S/C11H14O2.C2H6/c1-3-9-6-8(2)11-10(7-9)12-4-5-13-11;1-2/h6-7H,3-5H2,1-2H3;1-2H3. The van der Waals surface area contributed by atoms with Crippen LogP contribution in [0.4, 0.5) is 0 Å². The number of hydrogen-bond acceptors (Lipinski definition) is 2. The van der Waals surface area contributed by atoms with Gasteiger partial charge in [0.2, 0.25) is 0 Å². The molecule has 0 radical (unpaired) electrons. The number of aryl methyl sites for hydroxylation is 2. The second kappa shape index (κ2) is 5.64. The van der Waals surface area contributed by atoms with Gasteiger partial charge in [-0.3, -0.25) is 0 Å². The van der Waals surface area contributed by atoms with E-state index in [2.05, 4.69) is 26.0 Å². The Kier molecular flexibility index (Phi) is 4.47. The summed E-state index contributed by atoms with van der Waals surface area (Å²) in [7, 11) is 0. The second-order valence-electron chi connectivity index (χ2n) is 3.29. The highest BCUT2D eigenvalue weighted by molar-refractivity contribution is 5.49. The van der Waals surface area contributed by atoms with Gasteiger partial charge in [-0.2, -0.15) is 0 Å². The number of rotatable bonds is 1. The molecule has 0 spiro atoms. The number of ether oxygens (including phenoxy) is 2. The van der Waals surface area contributed by atoms with E-state index < -0.39 is 0 Å². The van der Waals surface area contributed by atoms with E-state index in [-0.39, 0.29) is 0 Å². The van der Waals surface area contributed by atoms with E-state index in [1.54, 1.807) is 0 Å². The molecular weight excluding hydrogens is 188 g/mol. The van der Waals surface area contributed by atoms with Crippen LogP contribution in [0.5, 0.6) is 11.5 Å². The molecule has 0 aliphatic carbocycles. The van der Waals surface area contributed by atoms with E-state index in [9.17, 15) is 0 Å². The van der Waals surface area contributed by atoms with Crippen molar-refractivity contribution < 1.29 is 9.47 Å². The molecule has 2 heteroatoms. The Morgan fingerprint density at radius 3 is 2.47 bits per heavy atom. The molecule has 0 aromatic heterocycles. The first kappa shape index (κ1) is 11.9. The Morgan fingerprint density at radius 1 is 1.13 bits per heavy atom. The van der Waals surface area contributed by atoms with Crippen LogP contribution in [0.2, 0.25) is 0 Å². The van der Waals surface area contributed by atoms with Crippen LogP contribution in [0, 0.1) is 6.92 Å². The fraction of sp³-hybridized carbons (Fsp3) is 0.538. The second-order valence-corrected chi connectivity index (χ2v) is 3.29. The summed E-state index contributed by atoms with van der Waals surface area (Å²) in [5, 5.41) is 0. The molecule has 0 atom stereocenters. The largest absolute Gasteiger partial charge is 0.486 e. The van der Waals surface area contributed by atoms with Gasteiger partial charge in [0.15, 0.2) is 11.5 Å². The quantitative estimate of drug-likeness (QED) is 0.704. The fourth-order valence-electron chi connectivity index (χ4n) is 1.61. The third-order valence-electron chi connectivity index (χ3n) is 2.30. The summed E-state index contributed by atoms with van der Waals surface area (Å²) in [6, 6.07) is 4.23.